The van der Waals surface area contributed by atoms with Crippen molar-refractivity contribution in [2.75, 3.05) is 0 Å². The van der Waals surface area contributed by atoms with Crippen LogP contribution in [-0.4, -0.2) is 24.9 Å². The highest BCUT2D eigenvalue weighted by molar-refractivity contribution is 6.74. The van der Waals surface area contributed by atoms with Crippen LogP contribution < -0.4 is 0 Å². The molecule has 1 unspecified atom stereocenters. The lowest BCUT2D eigenvalue weighted by atomic mass is 9.84. The van der Waals surface area contributed by atoms with Crippen molar-refractivity contribution in [2.45, 2.75) is 103 Å². The normalized spacial score (nSPS) is 35.8. The van der Waals surface area contributed by atoms with E-state index in [0.29, 0.717) is 5.92 Å². The fourth-order valence-corrected chi connectivity index (χ4v) is 5.94. The number of hydrogen-bond acceptors (Lipinski definition) is 3. The fraction of sp³-hybridized carbons (Fsp3) is 1.00. The molecule has 0 N–H and O–H groups in total. The summed E-state index contributed by atoms with van der Waals surface area (Å²) < 4.78 is 6.70. The zero-order valence-electron chi connectivity index (χ0n) is 16.7. The van der Waals surface area contributed by atoms with Crippen molar-refractivity contribution < 1.29 is 9.35 Å². The van der Waals surface area contributed by atoms with Gasteiger partial charge < -0.3 is 4.43 Å². The number of hydrogen-bond donors (Lipinski definition) is 0. The van der Waals surface area contributed by atoms with Gasteiger partial charge in [0.25, 0.3) is 0 Å². The first-order valence-corrected chi connectivity index (χ1v) is 12.7. The number of rotatable bonds is 8. The molecule has 0 heterocycles. The molecule has 2 aliphatic rings. The van der Waals surface area contributed by atoms with Crippen molar-refractivity contribution in [1.82, 2.24) is 0 Å². The molecule has 2 saturated carbocycles. The minimum absolute atomic E-state index is 0.0493. The molecule has 140 valence electrons. The summed E-state index contributed by atoms with van der Waals surface area (Å²) in [5.41, 5.74) is -0.668. The molecule has 0 saturated heterocycles. The second-order valence-corrected chi connectivity index (χ2v) is 14.5. The maximum absolute atomic E-state index is 11.9. The Morgan fingerprint density at radius 1 is 1.25 bits per heavy atom. The fourth-order valence-electron chi connectivity index (χ4n) is 4.53. The molecule has 2 fully saturated rings. The van der Waals surface area contributed by atoms with Crippen molar-refractivity contribution in [3.05, 3.63) is 10.1 Å². The number of nitrogens with zero attached hydrogens (tertiary/aromatic N) is 1. The first-order valence-electron chi connectivity index (χ1n) is 9.81. The van der Waals surface area contributed by atoms with E-state index in [1.165, 1.54) is 19.3 Å². The van der Waals surface area contributed by atoms with E-state index >= 15 is 0 Å². The molecule has 0 aromatic heterocycles. The van der Waals surface area contributed by atoms with E-state index in [2.05, 4.69) is 47.7 Å². The number of unbranched alkanes of at least 4 members (excludes halogenated alkanes) is 3. The maximum atomic E-state index is 11.9. The Morgan fingerprint density at radius 3 is 2.38 bits per heavy atom. The van der Waals surface area contributed by atoms with Gasteiger partial charge in [-0.15, -0.1) is 0 Å². The highest BCUT2D eigenvalue weighted by Crippen LogP contribution is 2.66. The molecule has 0 spiro atoms. The lowest BCUT2D eigenvalue weighted by molar-refractivity contribution is -0.550. The molecule has 0 bridgehead atoms. The van der Waals surface area contributed by atoms with E-state index < -0.39 is 13.9 Å². The van der Waals surface area contributed by atoms with Crippen LogP contribution >= 0.6 is 0 Å². The number of fused-ring (bicyclic) bond motifs is 1. The second-order valence-electron chi connectivity index (χ2n) is 9.72. The summed E-state index contributed by atoms with van der Waals surface area (Å²) in [6.45, 7) is 15.7. The quantitative estimate of drug-likeness (QED) is 0.245. The van der Waals surface area contributed by atoms with Crippen molar-refractivity contribution >= 4 is 8.32 Å². The van der Waals surface area contributed by atoms with E-state index in [-0.39, 0.29) is 27.9 Å². The minimum atomic E-state index is -1.89. The molecule has 5 heteroatoms. The molecule has 0 aliphatic heterocycles. The van der Waals surface area contributed by atoms with Gasteiger partial charge in [-0.3, -0.25) is 10.1 Å². The first kappa shape index (κ1) is 19.9. The summed E-state index contributed by atoms with van der Waals surface area (Å²) >= 11 is 0. The smallest absolute Gasteiger partial charge is 0.231 e. The predicted molar refractivity (Wildman–Crippen MR) is 101 cm³/mol. The summed E-state index contributed by atoms with van der Waals surface area (Å²) in [5.74, 6) is 0.654. The zero-order chi connectivity index (χ0) is 18.3. The second kappa shape index (κ2) is 6.71. The third-order valence-corrected chi connectivity index (χ3v) is 11.6. The molecular formula is C19H37NO3Si. The molecule has 2 rings (SSSR count). The molecule has 0 amide bonds. The Morgan fingerprint density at radius 2 is 1.88 bits per heavy atom. The van der Waals surface area contributed by atoms with Gasteiger partial charge in [0.1, 0.15) is 0 Å². The molecule has 0 radical (unpaired) electrons. The monoisotopic (exact) mass is 355 g/mol. The van der Waals surface area contributed by atoms with E-state index in [1.54, 1.807) is 0 Å². The largest absolute Gasteiger partial charge is 0.413 e. The average molecular weight is 356 g/mol. The first-order chi connectivity index (χ1) is 11.0. The summed E-state index contributed by atoms with van der Waals surface area (Å²) in [6.07, 6.45) is 6.59. The summed E-state index contributed by atoms with van der Waals surface area (Å²) in [7, 11) is -1.89. The van der Waals surface area contributed by atoms with E-state index in [1.807, 2.05) is 0 Å². The zero-order valence-corrected chi connectivity index (χ0v) is 17.7. The van der Waals surface area contributed by atoms with E-state index in [4.69, 9.17) is 4.43 Å². The third-order valence-electron chi connectivity index (χ3n) is 7.17. The van der Waals surface area contributed by atoms with Crippen LogP contribution in [0.3, 0.4) is 0 Å². The van der Waals surface area contributed by atoms with E-state index in [9.17, 15) is 10.1 Å². The molecule has 5 atom stereocenters. The maximum Gasteiger partial charge on any atom is 0.231 e. The van der Waals surface area contributed by atoms with Crippen LogP contribution in [0.5, 0.6) is 0 Å². The highest BCUT2D eigenvalue weighted by Gasteiger charge is 2.79. The van der Waals surface area contributed by atoms with Crippen molar-refractivity contribution in [2.24, 2.45) is 17.8 Å². The summed E-state index contributed by atoms with van der Waals surface area (Å²) in [4.78, 5) is 11.9. The van der Waals surface area contributed by atoms with Gasteiger partial charge in [-0.1, -0.05) is 60.3 Å². The third kappa shape index (κ3) is 3.30. The number of nitro groups is 1. The SMILES string of the molecule is CCCCCC[C@@H]1[C@@H](C)C(O[Si](C)(C)C(C)(C)C)[C@H]2C[C@]21[N+](=O)[O-]. The van der Waals surface area contributed by atoms with Crippen LogP contribution in [0.1, 0.15) is 73.1 Å². The van der Waals surface area contributed by atoms with Crippen molar-refractivity contribution in [3.63, 3.8) is 0 Å². The van der Waals surface area contributed by atoms with Crippen LogP contribution in [0.2, 0.25) is 18.1 Å². The van der Waals surface area contributed by atoms with Gasteiger partial charge in [0.15, 0.2) is 8.32 Å². The Balaban J connectivity index is 2.12. The van der Waals surface area contributed by atoms with Crippen LogP contribution in [0.15, 0.2) is 0 Å². The molecule has 2 aliphatic carbocycles. The molecular weight excluding hydrogens is 318 g/mol. The Hall–Kier alpha value is -0.423. The van der Waals surface area contributed by atoms with Gasteiger partial charge >= 0.3 is 0 Å². The Bertz CT molecular complexity index is 474. The molecule has 0 aromatic rings. The summed E-state index contributed by atoms with van der Waals surface area (Å²) in [5, 5.41) is 12.0. The average Bonchev–Trinajstić information content (AvgIpc) is 3.14. The van der Waals surface area contributed by atoms with Crippen LogP contribution in [0.4, 0.5) is 0 Å². The van der Waals surface area contributed by atoms with Gasteiger partial charge in [-0.2, -0.15) is 0 Å². The van der Waals surface area contributed by atoms with E-state index in [0.717, 1.165) is 19.3 Å². The van der Waals surface area contributed by atoms with Crippen LogP contribution in [0.25, 0.3) is 0 Å². The standard InChI is InChI=1S/C19H37NO3Si/c1-8-9-10-11-12-15-14(2)17(16-13-19(15,16)20(21)22)23-24(6,7)18(3,4)5/h14-17H,8-13H2,1-7H3/t14-,15-,16-,17?,19-/m1/s1. The highest BCUT2D eigenvalue weighted by atomic mass is 28.4. The Kier molecular flexibility index (Phi) is 5.56. The van der Waals surface area contributed by atoms with Gasteiger partial charge in [-0.05, 0) is 30.5 Å². The van der Waals surface area contributed by atoms with Gasteiger partial charge in [0.2, 0.25) is 5.54 Å². The van der Waals surface area contributed by atoms with Crippen LogP contribution in [0, 0.1) is 27.9 Å². The lowest BCUT2D eigenvalue weighted by Crippen LogP contribution is -2.45. The lowest BCUT2D eigenvalue weighted by Gasteiger charge is -2.40. The topological polar surface area (TPSA) is 52.4 Å². The van der Waals surface area contributed by atoms with Crippen molar-refractivity contribution in [3.8, 4) is 0 Å². The summed E-state index contributed by atoms with van der Waals surface area (Å²) in [6, 6.07) is 0. The minimum Gasteiger partial charge on any atom is -0.413 e. The molecule has 0 aromatic carbocycles. The Labute approximate surface area is 149 Å². The van der Waals surface area contributed by atoms with Crippen molar-refractivity contribution in [1.29, 1.82) is 0 Å². The molecule has 24 heavy (non-hydrogen) atoms. The van der Waals surface area contributed by atoms with Gasteiger partial charge in [0.05, 0.1) is 12.0 Å². The van der Waals surface area contributed by atoms with Crippen LogP contribution in [-0.2, 0) is 4.43 Å². The predicted octanol–water partition coefficient (Wildman–Crippen LogP) is 5.65. The van der Waals surface area contributed by atoms with Gasteiger partial charge in [0, 0.05) is 17.3 Å². The van der Waals surface area contributed by atoms with Gasteiger partial charge in [-0.25, -0.2) is 0 Å². The molecule has 4 nitrogen and oxygen atoms in total.